The summed E-state index contributed by atoms with van der Waals surface area (Å²) in [6, 6.07) is 12.0. The van der Waals surface area contributed by atoms with Gasteiger partial charge in [0.05, 0.1) is 11.4 Å². The first kappa shape index (κ1) is 12.9. The summed E-state index contributed by atoms with van der Waals surface area (Å²) in [4.78, 5) is 0. The van der Waals surface area contributed by atoms with Gasteiger partial charge in [-0.3, -0.25) is 0 Å². The number of aromatic nitrogens is 2. The molecule has 102 valence electrons. The minimum absolute atomic E-state index is 0.131. The van der Waals surface area contributed by atoms with Gasteiger partial charge >= 0.3 is 0 Å². The van der Waals surface area contributed by atoms with Gasteiger partial charge in [0.15, 0.2) is 11.0 Å². The van der Waals surface area contributed by atoms with Crippen LogP contribution in [0, 0.1) is 0 Å². The zero-order valence-corrected chi connectivity index (χ0v) is 12.4. The molecule has 0 spiro atoms. The molecule has 3 rings (SSSR count). The van der Waals surface area contributed by atoms with E-state index in [1.54, 1.807) is 6.07 Å². The summed E-state index contributed by atoms with van der Waals surface area (Å²) in [5.41, 5.74) is 9.65. The third-order valence-corrected chi connectivity index (χ3v) is 3.72. The van der Waals surface area contributed by atoms with Crippen LogP contribution in [0.2, 0.25) is 0 Å². The highest BCUT2D eigenvalue weighted by molar-refractivity contribution is 9.10. The number of nitrogens with zero attached hydrogens (tertiary/aromatic N) is 2. The predicted octanol–water partition coefficient (Wildman–Crippen LogP) is 3.74. The first-order valence-electron chi connectivity index (χ1n) is 6.18. The standard InChI is InChI=1S/C14H13BrN4O/c1-8(9-2-4-10(15)5-3-9)17-12-7-6-11(16)13-14(12)19-20-18-13/h2-8,17H,16H2,1H3. The third-order valence-electron chi connectivity index (χ3n) is 3.19. The molecule has 3 N–H and O–H groups in total. The van der Waals surface area contributed by atoms with E-state index in [4.69, 9.17) is 10.4 Å². The molecule has 1 atom stereocenters. The zero-order chi connectivity index (χ0) is 14.1. The van der Waals surface area contributed by atoms with E-state index in [-0.39, 0.29) is 6.04 Å². The number of anilines is 2. The quantitative estimate of drug-likeness (QED) is 0.714. The SMILES string of the molecule is CC(Nc1ccc(N)c2nonc12)c1ccc(Br)cc1. The Kier molecular flexibility index (Phi) is 3.31. The molecule has 6 heteroatoms. The van der Waals surface area contributed by atoms with Crippen LogP contribution >= 0.6 is 15.9 Å². The maximum absolute atomic E-state index is 5.83. The smallest absolute Gasteiger partial charge is 0.160 e. The number of fused-ring (bicyclic) bond motifs is 1. The van der Waals surface area contributed by atoms with E-state index in [1.165, 1.54) is 5.56 Å². The Hall–Kier alpha value is -2.08. The molecule has 0 aliphatic heterocycles. The van der Waals surface area contributed by atoms with E-state index in [0.29, 0.717) is 16.7 Å². The number of hydrogen-bond donors (Lipinski definition) is 2. The average molecular weight is 333 g/mol. The molecular weight excluding hydrogens is 320 g/mol. The Labute approximate surface area is 124 Å². The fraction of sp³-hybridized carbons (Fsp3) is 0.143. The summed E-state index contributed by atoms with van der Waals surface area (Å²) in [5, 5.41) is 11.1. The van der Waals surface area contributed by atoms with Gasteiger partial charge in [0.25, 0.3) is 0 Å². The van der Waals surface area contributed by atoms with E-state index < -0.39 is 0 Å². The molecule has 5 nitrogen and oxygen atoms in total. The van der Waals surface area contributed by atoms with Crippen molar-refractivity contribution in [2.45, 2.75) is 13.0 Å². The van der Waals surface area contributed by atoms with Gasteiger partial charge in [0.1, 0.15) is 0 Å². The fourth-order valence-corrected chi connectivity index (χ4v) is 2.33. The zero-order valence-electron chi connectivity index (χ0n) is 10.8. The van der Waals surface area contributed by atoms with Gasteiger partial charge in [-0.2, -0.15) is 0 Å². The summed E-state index contributed by atoms with van der Waals surface area (Å²) in [5.74, 6) is 0. The van der Waals surface area contributed by atoms with Crippen LogP contribution < -0.4 is 11.1 Å². The molecular formula is C14H13BrN4O. The molecule has 20 heavy (non-hydrogen) atoms. The van der Waals surface area contributed by atoms with E-state index in [1.807, 2.05) is 18.2 Å². The van der Waals surface area contributed by atoms with E-state index >= 15 is 0 Å². The van der Waals surface area contributed by atoms with Crippen molar-refractivity contribution in [2.75, 3.05) is 11.1 Å². The van der Waals surface area contributed by atoms with Crippen molar-refractivity contribution in [1.29, 1.82) is 0 Å². The van der Waals surface area contributed by atoms with Crippen LogP contribution in [-0.2, 0) is 0 Å². The van der Waals surface area contributed by atoms with Crippen molar-refractivity contribution in [2.24, 2.45) is 0 Å². The van der Waals surface area contributed by atoms with Gasteiger partial charge in [-0.25, -0.2) is 4.63 Å². The highest BCUT2D eigenvalue weighted by Crippen LogP contribution is 2.28. The fourth-order valence-electron chi connectivity index (χ4n) is 2.07. The number of nitrogens with two attached hydrogens (primary N) is 1. The van der Waals surface area contributed by atoms with Crippen molar-refractivity contribution in [3.8, 4) is 0 Å². The van der Waals surface area contributed by atoms with Crippen molar-refractivity contribution < 1.29 is 4.63 Å². The maximum Gasteiger partial charge on any atom is 0.160 e. The van der Waals surface area contributed by atoms with E-state index in [0.717, 1.165) is 10.2 Å². The summed E-state index contributed by atoms with van der Waals surface area (Å²) < 4.78 is 5.82. The number of benzene rings is 2. The summed E-state index contributed by atoms with van der Waals surface area (Å²) in [6.45, 7) is 2.08. The lowest BCUT2D eigenvalue weighted by molar-refractivity contribution is 0.315. The van der Waals surface area contributed by atoms with E-state index in [2.05, 4.69) is 50.6 Å². The summed E-state index contributed by atoms with van der Waals surface area (Å²) in [6.07, 6.45) is 0. The summed E-state index contributed by atoms with van der Waals surface area (Å²) >= 11 is 3.43. The highest BCUT2D eigenvalue weighted by atomic mass is 79.9. The second kappa shape index (κ2) is 5.13. The van der Waals surface area contributed by atoms with Crippen LogP contribution in [0.1, 0.15) is 18.5 Å². The molecule has 0 saturated heterocycles. The second-order valence-corrected chi connectivity index (χ2v) is 5.50. The number of nitrogens with one attached hydrogen (secondary N) is 1. The molecule has 0 aliphatic carbocycles. The van der Waals surface area contributed by atoms with Gasteiger partial charge in [0, 0.05) is 10.5 Å². The number of nitrogen functional groups attached to an aromatic ring is 1. The molecule has 0 aliphatic rings. The van der Waals surface area contributed by atoms with Gasteiger partial charge < -0.3 is 11.1 Å². The predicted molar refractivity (Wildman–Crippen MR) is 82.4 cm³/mol. The number of rotatable bonds is 3. The molecule has 0 fully saturated rings. The van der Waals surface area contributed by atoms with Crippen molar-refractivity contribution in [1.82, 2.24) is 10.3 Å². The van der Waals surface area contributed by atoms with Crippen LogP contribution in [0.3, 0.4) is 0 Å². The molecule has 1 heterocycles. The van der Waals surface area contributed by atoms with Gasteiger partial charge in [-0.15, -0.1) is 0 Å². The second-order valence-electron chi connectivity index (χ2n) is 4.58. The molecule has 0 amide bonds. The Bertz CT molecular complexity index is 739. The largest absolute Gasteiger partial charge is 0.397 e. The van der Waals surface area contributed by atoms with Crippen LogP contribution in [-0.4, -0.2) is 10.3 Å². The average Bonchev–Trinajstić information content (AvgIpc) is 2.93. The molecule has 1 unspecified atom stereocenters. The Morgan fingerprint density at radius 1 is 1.10 bits per heavy atom. The van der Waals surface area contributed by atoms with Crippen LogP contribution in [0.4, 0.5) is 11.4 Å². The third kappa shape index (κ3) is 2.34. The Balaban J connectivity index is 1.91. The molecule has 1 aromatic heterocycles. The Morgan fingerprint density at radius 2 is 1.80 bits per heavy atom. The number of hydrogen-bond acceptors (Lipinski definition) is 5. The molecule has 2 aromatic carbocycles. The molecule has 0 saturated carbocycles. The van der Waals surface area contributed by atoms with Gasteiger partial charge in [-0.1, -0.05) is 28.1 Å². The van der Waals surface area contributed by atoms with Crippen molar-refractivity contribution >= 4 is 38.3 Å². The molecule has 0 bridgehead atoms. The van der Waals surface area contributed by atoms with Crippen molar-refractivity contribution in [3.63, 3.8) is 0 Å². The minimum atomic E-state index is 0.131. The maximum atomic E-state index is 5.83. The summed E-state index contributed by atoms with van der Waals surface area (Å²) in [7, 11) is 0. The Morgan fingerprint density at radius 3 is 2.55 bits per heavy atom. The minimum Gasteiger partial charge on any atom is -0.397 e. The number of halogens is 1. The van der Waals surface area contributed by atoms with Crippen LogP contribution in [0.5, 0.6) is 0 Å². The van der Waals surface area contributed by atoms with Gasteiger partial charge in [0.2, 0.25) is 0 Å². The lowest BCUT2D eigenvalue weighted by Gasteiger charge is -2.16. The van der Waals surface area contributed by atoms with Crippen LogP contribution in [0.25, 0.3) is 11.0 Å². The topological polar surface area (TPSA) is 77.0 Å². The normalized spacial score (nSPS) is 12.5. The lowest BCUT2D eigenvalue weighted by atomic mass is 10.1. The molecule has 0 radical (unpaired) electrons. The lowest BCUT2D eigenvalue weighted by Crippen LogP contribution is -2.07. The monoisotopic (exact) mass is 332 g/mol. The van der Waals surface area contributed by atoms with E-state index in [9.17, 15) is 0 Å². The first-order valence-corrected chi connectivity index (χ1v) is 6.97. The van der Waals surface area contributed by atoms with Crippen LogP contribution in [0.15, 0.2) is 45.5 Å². The van der Waals surface area contributed by atoms with Crippen molar-refractivity contribution in [3.05, 3.63) is 46.4 Å². The molecule has 3 aromatic rings. The van der Waals surface area contributed by atoms with Gasteiger partial charge in [-0.05, 0) is 47.1 Å². The first-order chi connectivity index (χ1) is 9.65. The highest BCUT2D eigenvalue weighted by Gasteiger charge is 2.12.